The molecule has 5 heteroatoms. The van der Waals surface area contributed by atoms with Crippen LogP contribution in [0.25, 0.3) is 0 Å². The monoisotopic (exact) mass is 268 g/mol. The van der Waals surface area contributed by atoms with Gasteiger partial charge < -0.3 is 15.1 Å². The van der Waals surface area contributed by atoms with E-state index in [0.717, 1.165) is 17.8 Å². The van der Waals surface area contributed by atoms with Gasteiger partial charge in [-0.2, -0.15) is 0 Å². The van der Waals surface area contributed by atoms with Gasteiger partial charge in [0.25, 0.3) is 5.91 Å². The van der Waals surface area contributed by atoms with E-state index in [1.165, 1.54) is 0 Å². The van der Waals surface area contributed by atoms with Crippen LogP contribution in [0.5, 0.6) is 0 Å². The second kappa shape index (κ2) is 5.65. The number of hydrogen-bond donors (Lipinski definition) is 2. The summed E-state index contributed by atoms with van der Waals surface area (Å²) in [5.74, 6) is -0.193. The number of ether oxygens (including phenoxy) is 1. The number of carbonyl (C=O) groups excluding carboxylic acids is 1. The molecule has 2 N–H and O–H groups in total. The fourth-order valence-electron chi connectivity index (χ4n) is 2.28. The smallest absolute Gasteiger partial charge is 0.264 e. The van der Waals surface area contributed by atoms with Gasteiger partial charge in [0.2, 0.25) is 0 Å². The number of piperidine rings is 1. The number of methoxy groups -OCH3 is 1. The van der Waals surface area contributed by atoms with Crippen LogP contribution in [-0.2, 0) is 9.53 Å². The average molecular weight is 268 g/mol. The van der Waals surface area contributed by atoms with Crippen molar-refractivity contribution in [1.82, 2.24) is 15.8 Å². The van der Waals surface area contributed by atoms with Gasteiger partial charge in [-0.1, -0.05) is 6.92 Å². The molecule has 2 heterocycles. The molecule has 5 nitrogen and oxygen atoms in total. The molecular formula is C14H23N3O2. The van der Waals surface area contributed by atoms with Gasteiger partial charge in [-0.05, 0) is 32.3 Å². The Labute approximate surface area is 118 Å². The second-order valence-electron chi connectivity index (χ2n) is 5.25. The lowest BCUT2D eigenvalue weighted by Crippen LogP contribution is -2.43. The Bertz CT molecular complexity index is 492. The quantitative estimate of drug-likeness (QED) is 0.810. The van der Waals surface area contributed by atoms with E-state index in [-0.39, 0.29) is 5.91 Å². The number of hydrogen-bond acceptors (Lipinski definition) is 4. The zero-order valence-corrected chi connectivity index (χ0v) is 11.5. The molecule has 0 atom stereocenters. The molecule has 1 amide bonds. The maximum absolute atomic E-state index is 11.7. The Balaban J connectivity index is 2.05. The molecule has 1 fully saturated rings. The zero-order chi connectivity index (χ0) is 16.4. The molecule has 0 saturated carbocycles. The first-order valence-electron chi connectivity index (χ1n) is 8.14. The average Bonchev–Trinajstić information content (AvgIpc) is 2.59. The van der Waals surface area contributed by atoms with Crippen molar-refractivity contribution in [2.75, 3.05) is 20.1 Å². The SMILES string of the molecule is [2H]C([2H])([2H])OC1(C)CCN(C2=CC(=O)NNC(CC)=C2)CC1. The van der Waals surface area contributed by atoms with E-state index >= 15 is 0 Å². The normalized spacial score (nSPS) is 25.9. The standard InChI is InChI=1S/C14H23N3O2/c1-4-11-9-12(10-13(18)16-15-11)17-7-5-14(2,19-3)6-8-17/h9-10,15H,4-8H2,1-3H3,(H,16,18)/i3D3. The van der Waals surface area contributed by atoms with Crippen LogP contribution in [0, 0.1) is 0 Å². The molecule has 0 spiro atoms. The summed E-state index contributed by atoms with van der Waals surface area (Å²) in [6.45, 7) is 5.14. The summed E-state index contributed by atoms with van der Waals surface area (Å²) in [4.78, 5) is 13.8. The molecule has 1 saturated heterocycles. The first-order chi connectivity index (χ1) is 10.2. The van der Waals surface area contributed by atoms with Gasteiger partial charge in [-0.3, -0.25) is 10.2 Å². The molecular weight excluding hydrogens is 242 g/mol. The van der Waals surface area contributed by atoms with E-state index in [1.807, 2.05) is 19.9 Å². The summed E-state index contributed by atoms with van der Waals surface area (Å²) in [5.41, 5.74) is 6.61. The summed E-state index contributed by atoms with van der Waals surface area (Å²) >= 11 is 0. The maximum atomic E-state index is 11.7. The van der Waals surface area contributed by atoms with Crippen LogP contribution in [0.4, 0.5) is 0 Å². The molecule has 106 valence electrons. The highest BCUT2D eigenvalue weighted by molar-refractivity contribution is 5.88. The van der Waals surface area contributed by atoms with Gasteiger partial charge in [0.15, 0.2) is 0 Å². The van der Waals surface area contributed by atoms with Crippen LogP contribution in [-0.4, -0.2) is 36.5 Å². The lowest BCUT2D eigenvalue weighted by Gasteiger charge is -2.39. The largest absolute Gasteiger partial charge is 0.378 e. The van der Waals surface area contributed by atoms with Crippen molar-refractivity contribution in [3.05, 3.63) is 23.5 Å². The third kappa shape index (κ3) is 3.29. The molecule has 0 aromatic carbocycles. The molecule has 0 aromatic rings. The first-order valence-corrected chi connectivity index (χ1v) is 6.64. The number of likely N-dealkylation sites (tertiary alicyclic amines) is 1. The number of nitrogens with one attached hydrogen (secondary N) is 2. The Hall–Kier alpha value is -1.49. The third-order valence-electron chi connectivity index (χ3n) is 3.76. The predicted octanol–water partition coefficient (Wildman–Crippen LogP) is 1.30. The zero-order valence-electron chi connectivity index (χ0n) is 14.5. The summed E-state index contributed by atoms with van der Waals surface area (Å²) in [6.07, 6.45) is 5.50. The summed E-state index contributed by atoms with van der Waals surface area (Å²) in [6, 6.07) is 0. The Morgan fingerprint density at radius 3 is 2.79 bits per heavy atom. The summed E-state index contributed by atoms with van der Waals surface area (Å²) < 4.78 is 27.0. The minimum absolute atomic E-state index is 0.193. The first kappa shape index (κ1) is 10.3. The van der Waals surface area contributed by atoms with Crippen LogP contribution in [0.1, 0.15) is 37.2 Å². The van der Waals surface area contributed by atoms with Crippen molar-refractivity contribution >= 4 is 5.91 Å². The molecule has 0 radical (unpaired) electrons. The van der Waals surface area contributed by atoms with E-state index in [9.17, 15) is 4.79 Å². The van der Waals surface area contributed by atoms with Gasteiger partial charge in [0.05, 0.1) is 9.71 Å². The van der Waals surface area contributed by atoms with Crippen LogP contribution in [0.2, 0.25) is 0 Å². The highest BCUT2D eigenvalue weighted by atomic mass is 16.5. The molecule has 2 aliphatic heterocycles. The highest BCUT2D eigenvalue weighted by Crippen LogP contribution is 2.27. The Kier molecular flexibility index (Phi) is 3.07. The van der Waals surface area contributed by atoms with Crippen molar-refractivity contribution in [2.45, 2.75) is 38.7 Å². The number of carbonyl (C=O) groups is 1. The number of hydrazine groups is 1. The topological polar surface area (TPSA) is 53.6 Å². The van der Waals surface area contributed by atoms with Crippen LogP contribution in [0.3, 0.4) is 0 Å². The molecule has 19 heavy (non-hydrogen) atoms. The molecule has 0 unspecified atom stereocenters. The van der Waals surface area contributed by atoms with Crippen LogP contribution >= 0.6 is 0 Å². The number of allylic oxidation sites excluding steroid dienone is 2. The summed E-state index contributed by atoms with van der Waals surface area (Å²) in [7, 11) is -2.38. The minimum atomic E-state index is -2.38. The van der Waals surface area contributed by atoms with Crippen LogP contribution in [0.15, 0.2) is 23.5 Å². The maximum Gasteiger partial charge on any atom is 0.264 e. The fraction of sp³-hybridized carbons (Fsp3) is 0.643. The van der Waals surface area contributed by atoms with E-state index in [2.05, 4.69) is 15.8 Å². The van der Waals surface area contributed by atoms with Crippen molar-refractivity contribution in [1.29, 1.82) is 0 Å². The Morgan fingerprint density at radius 2 is 2.16 bits per heavy atom. The van der Waals surface area contributed by atoms with Crippen molar-refractivity contribution in [2.24, 2.45) is 0 Å². The van der Waals surface area contributed by atoms with Gasteiger partial charge in [-0.25, -0.2) is 0 Å². The molecule has 0 bridgehead atoms. The van der Waals surface area contributed by atoms with E-state index < -0.39 is 12.6 Å². The van der Waals surface area contributed by atoms with Gasteiger partial charge in [0, 0.05) is 37.6 Å². The van der Waals surface area contributed by atoms with Crippen LogP contribution < -0.4 is 10.9 Å². The lowest BCUT2D eigenvalue weighted by molar-refractivity contribution is -0.117. The minimum Gasteiger partial charge on any atom is -0.378 e. The third-order valence-corrected chi connectivity index (χ3v) is 3.76. The summed E-state index contributed by atoms with van der Waals surface area (Å²) in [5, 5.41) is 0. The molecule has 0 aromatic heterocycles. The van der Waals surface area contributed by atoms with Crippen molar-refractivity contribution < 1.29 is 13.6 Å². The second-order valence-corrected chi connectivity index (χ2v) is 5.25. The van der Waals surface area contributed by atoms with Gasteiger partial charge in [0.1, 0.15) is 0 Å². The highest BCUT2D eigenvalue weighted by Gasteiger charge is 2.30. The van der Waals surface area contributed by atoms with Gasteiger partial charge in [-0.15, -0.1) is 0 Å². The lowest BCUT2D eigenvalue weighted by atomic mass is 9.93. The molecule has 2 rings (SSSR count). The predicted molar refractivity (Wildman–Crippen MR) is 74.0 cm³/mol. The van der Waals surface area contributed by atoms with Crippen molar-refractivity contribution in [3.63, 3.8) is 0 Å². The van der Waals surface area contributed by atoms with Crippen molar-refractivity contribution in [3.8, 4) is 0 Å². The molecule has 2 aliphatic rings. The fourth-order valence-corrected chi connectivity index (χ4v) is 2.28. The van der Waals surface area contributed by atoms with Gasteiger partial charge >= 0.3 is 0 Å². The van der Waals surface area contributed by atoms with E-state index in [0.29, 0.717) is 25.9 Å². The Morgan fingerprint density at radius 1 is 1.42 bits per heavy atom. The van der Waals surface area contributed by atoms with E-state index in [1.54, 1.807) is 6.08 Å². The number of nitrogens with zero attached hydrogens (tertiary/aromatic N) is 1. The number of rotatable bonds is 3. The number of amides is 1. The molecule has 0 aliphatic carbocycles. The van der Waals surface area contributed by atoms with E-state index in [4.69, 9.17) is 8.85 Å².